The lowest BCUT2D eigenvalue weighted by Gasteiger charge is -2.15. The molecule has 0 unspecified atom stereocenters. The van der Waals surface area contributed by atoms with Crippen LogP contribution in [-0.2, 0) is 38.8 Å². The van der Waals surface area contributed by atoms with Gasteiger partial charge in [-0.2, -0.15) is 0 Å². The van der Waals surface area contributed by atoms with Crippen LogP contribution in [0.3, 0.4) is 0 Å². The summed E-state index contributed by atoms with van der Waals surface area (Å²) >= 11 is 0. The first kappa shape index (κ1) is 20.8. The van der Waals surface area contributed by atoms with Crippen molar-refractivity contribution in [2.24, 2.45) is 0 Å². The summed E-state index contributed by atoms with van der Waals surface area (Å²) in [5.74, 6) is 6.21. The second kappa shape index (κ2) is 10.1. The van der Waals surface area contributed by atoms with Crippen LogP contribution < -0.4 is 10.6 Å². The molecule has 0 saturated heterocycles. The molecule has 5 heterocycles. The van der Waals surface area contributed by atoms with E-state index < -0.39 is 0 Å². The normalized spacial score (nSPS) is 15.2. The lowest BCUT2D eigenvalue weighted by molar-refractivity contribution is 0.505. The molecule has 0 bridgehead atoms. The van der Waals surface area contributed by atoms with Gasteiger partial charge in [-0.3, -0.25) is 0 Å². The molecule has 0 amide bonds. The Balaban J connectivity index is 1.04. The number of hydrogen-bond donors (Lipinski definition) is 2. The summed E-state index contributed by atoms with van der Waals surface area (Å²) in [4.78, 5) is 8.69. The first-order valence-electron chi connectivity index (χ1n) is 12.0. The van der Waals surface area contributed by atoms with Crippen molar-refractivity contribution in [1.82, 2.24) is 39.5 Å². The van der Waals surface area contributed by atoms with Crippen LogP contribution in [0.25, 0.3) is 0 Å². The van der Waals surface area contributed by atoms with Crippen molar-refractivity contribution in [3.63, 3.8) is 0 Å². The van der Waals surface area contributed by atoms with Gasteiger partial charge in [-0.15, -0.1) is 20.4 Å². The third-order valence-electron chi connectivity index (χ3n) is 6.31. The molecule has 2 N–H and O–H groups in total. The summed E-state index contributed by atoms with van der Waals surface area (Å²) in [6, 6.07) is 1.97. The van der Waals surface area contributed by atoms with Gasteiger partial charge in [0.1, 0.15) is 41.3 Å². The van der Waals surface area contributed by atoms with Gasteiger partial charge in [0.05, 0.1) is 0 Å². The van der Waals surface area contributed by atoms with E-state index in [0.29, 0.717) is 0 Å². The molecular weight excluding hydrogens is 404 g/mol. The Bertz CT molecular complexity index is 946. The molecule has 3 aromatic heterocycles. The second-order valence-electron chi connectivity index (χ2n) is 8.63. The van der Waals surface area contributed by atoms with E-state index in [2.05, 4.69) is 50.1 Å². The molecule has 3 aromatic rings. The topological polar surface area (TPSA) is 111 Å². The predicted molar refractivity (Wildman–Crippen MR) is 122 cm³/mol. The molecule has 2 aliphatic rings. The Kier molecular flexibility index (Phi) is 6.55. The van der Waals surface area contributed by atoms with Crippen LogP contribution in [0.5, 0.6) is 0 Å². The summed E-state index contributed by atoms with van der Waals surface area (Å²) in [5.41, 5.74) is 0. The van der Waals surface area contributed by atoms with Gasteiger partial charge in [-0.05, 0) is 38.5 Å². The number of hydrogen-bond acceptors (Lipinski definition) is 8. The van der Waals surface area contributed by atoms with Gasteiger partial charge in [0.2, 0.25) is 0 Å². The van der Waals surface area contributed by atoms with Crippen molar-refractivity contribution >= 4 is 11.6 Å². The first-order chi connectivity index (χ1) is 15.9. The molecule has 32 heavy (non-hydrogen) atoms. The Morgan fingerprint density at radius 1 is 0.688 bits per heavy atom. The highest BCUT2D eigenvalue weighted by atomic mass is 15.3. The number of fused-ring (bicyclic) bond motifs is 2. The largest absolute Gasteiger partial charge is 0.370 e. The zero-order valence-corrected chi connectivity index (χ0v) is 18.6. The van der Waals surface area contributed by atoms with Gasteiger partial charge in [0, 0.05) is 57.9 Å². The average Bonchev–Trinajstić information content (AvgIpc) is 3.44. The molecule has 0 fully saturated rings. The molecule has 0 aromatic carbocycles. The molecule has 0 saturated carbocycles. The molecule has 0 radical (unpaired) electrons. The molecule has 0 aliphatic carbocycles. The Morgan fingerprint density at radius 3 is 1.75 bits per heavy atom. The molecular formula is C22H32N10. The van der Waals surface area contributed by atoms with E-state index in [0.717, 1.165) is 99.6 Å². The molecule has 2 aliphatic heterocycles. The third kappa shape index (κ3) is 4.89. The van der Waals surface area contributed by atoms with Crippen LogP contribution in [-0.4, -0.2) is 52.6 Å². The summed E-state index contributed by atoms with van der Waals surface area (Å²) in [6.07, 6.45) is 12.5. The summed E-state index contributed by atoms with van der Waals surface area (Å²) in [5, 5.41) is 24.2. The fourth-order valence-electron chi connectivity index (χ4n) is 4.58. The summed E-state index contributed by atoms with van der Waals surface area (Å²) in [7, 11) is 0. The lowest BCUT2D eigenvalue weighted by atomic mass is 10.1. The highest BCUT2D eigenvalue weighted by molar-refractivity contribution is 5.46. The van der Waals surface area contributed by atoms with Crippen LogP contribution in [0.15, 0.2) is 12.4 Å². The maximum Gasteiger partial charge on any atom is 0.133 e. The van der Waals surface area contributed by atoms with E-state index in [1.54, 1.807) is 6.33 Å². The molecule has 0 spiro atoms. The second-order valence-corrected chi connectivity index (χ2v) is 8.63. The van der Waals surface area contributed by atoms with E-state index in [1.807, 2.05) is 6.07 Å². The Hall–Kier alpha value is -3.04. The van der Waals surface area contributed by atoms with Crippen LogP contribution in [0.1, 0.15) is 61.8 Å². The molecule has 0 atom stereocenters. The van der Waals surface area contributed by atoms with Crippen LogP contribution >= 0.6 is 0 Å². The molecule has 10 heteroatoms. The van der Waals surface area contributed by atoms with Crippen LogP contribution in [0.4, 0.5) is 11.6 Å². The van der Waals surface area contributed by atoms with Crippen molar-refractivity contribution in [2.45, 2.75) is 77.3 Å². The van der Waals surface area contributed by atoms with Gasteiger partial charge in [-0.1, -0.05) is 0 Å². The quantitative estimate of drug-likeness (QED) is 0.466. The molecule has 170 valence electrons. The highest BCUT2D eigenvalue weighted by Crippen LogP contribution is 2.17. The minimum absolute atomic E-state index is 0.844. The predicted octanol–water partition coefficient (Wildman–Crippen LogP) is 2.42. The van der Waals surface area contributed by atoms with Crippen LogP contribution in [0.2, 0.25) is 0 Å². The monoisotopic (exact) mass is 436 g/mol. The maximum atomic E-state index is 4.38. The van der Waals surface area contributed by atoms with Gasteiger partial charge in [0.15, 0.2) is 0 Å². The fraction of sp³-hybridized carbons (Fsp3) is 0.636. The third-order valence-corrected chi connectivity index (χ3v) is 6.31. The number of aromatic nitrogens is 8. The minimum Gasteiger partial charge on any atom is -0.370 e. The number of nitrogens with zero attached hydrogens (tertiary/aromatic N) is 8. The van der Waals surface area contributed by atoms with Gasteiger partial charge in [0.25, 0.3) is 0 Å². The number of nitrogens with one attached hydrogen (secondary N) is 2. The average molecular weight is 437 g/mol. The smallest absolute Gasteiger partial charge is 0.133 e. The van der Waals surface area contributed by atoms with E-state index in [1.165, 1.54) is 25.7 Å². The van der Waals surface area contributed by atoms with Crippen molar-refractivity contribution in [3.05, 3.63) is 35.7 Å². The zero-order chi connectivity index (χ0) is 21.6. The summed E-state index contributed by atoms with van der Waals surface area (Å²) < 4.78 is 4.59. The fourth-order valence-corrected chi connectivity index (χ4v) is 4.58. The SMILES string of the molecule is c1nc(NCCCc2nnc3n2CCCC3)cc(NCCCc2nnc3n2CCCC3)n1. The lowest BCUT2D eigenvalue weighted by Crippen LogP contribution is -2.14. The van der Waals surface area contributed by atoms with Gasteiger partial charge >= 0.3 is 0 Å². The van der Waals surface area contributed by atoms with Gasteiger partial charge < -0.3 is 19.8 Å². The molecule has 10 nitrogen and oxygen atoms in total. The number of aryl methyl sites for hydroxylation is 4. The highest BCUT2D eigenvalue weighted by Gasteiger charge is 2.16. The van der Waals surface area contributed by atoms with Crippen molar-refractivity contribution in [2.75, 3.05) is 23.7 Å². The van der Waals surface area contributed by atoms with Crippen molar-refractivity contribution in [3.8, 4) is 0 Å². The first-order valence-corrected chi connectivity index (χ1v) is 12.0. The minimum atomic E-state index is 0.844. The van der Waals surface area contributed by atoms with Crippen molar-refractivity contribution in [1.29, 1.82) is 0 Å². The van der Waals surface area contributed by atoms with E-state index >= 15 is 0 Å². The van der Waals surface area contributed by atoms with E-state index in [4.69, 9.17) is 0 Å². The number of rotatable bonds is 10. The Labute approximate surface area is 188 Å². The Morgan fingerprint density at radius 2 is 1.22 bits per heavy atom. The van der Waals surface area contributed by atoms with Gasteiger partial charge in [-0.25, -0.2) is 9.97 Å². The summed E-state index contributed by atoms with van der Waals surface area (Å²) in [6.45, 7) is 3.81. The standard InChI is InChI=1S/C22H32N10/c1-3-13-31-19(7-1)27-29-21(31)9-5-11-23-17-15-18(26-16-25-17)24-12-6-10-22-30-28-20-8-2-4-14-32(20)22/h15-16H,1-14H2,(H2,23,24,25,26). The van der Waals surface area contributed by atoms with E-state index in [-0.39, 0.29) is 0 Å². The zero-order valence-electron chi connectivity index (χ0n) is 18.6. The number of anilines is 2. The van der Waals surface area contributed by atoms with E-state index in [9.17, 15) is 0 Å². The van der Waals surface area contributed by atoms with Crippen molar-refractivity contribution < 1.29 is 0 Å². The maximum absolute atomic E-state index is 4.38. The van der Waals surface area contributed by atoms with Crippen LogP contribution in [0, 0.1) is 0 Å². The molecule has 5 rings (SSSR count).